The van der Waals surface area contributed by atoms with E-state index in [2.05, 4.69) is 15.3 Å². The van der Waals surface area contributed by atoms with Crippen molar-refractivity contribution < 1.29 is 9.53 Å². The number of aryl methyl sites for hydroxylation is 1. The number of Topliss-reactive ketones (excluding diaryl/α,β-unsaturated/α-hetero) is 1. The number of hydrogen-bond donors (Lipinski definition) is 1. The zero-order chi connectivity index (χ0) is 23.5. The normalized spacial score (nSPS) is 10.9. The number of hydrogen-bond acceptors (Lipinski definition) is 6. The summed E-state index contributed by atoms with van der Waals surface area (Å²) < 4.78 is 8.02. The Morgan fingerprint density at radius 3 is 2.53 bits per heavy atom. The van der Waals surface area contributed by atoms with Gasteiger partial charge in [0.25, 0.3) is 0 Å². The molecule has 2 aromatic carbocycles. The lowest BCUT2D eigenvalue weighted by Crippen LogP contribution is -2.05. The largest absolute Gasteiger partial charge is 0.457 e. The van der Waals surface area contributed by atoms with E-state index in [0.29, 0.717) is 33.7 Å². The second-order valence-corrected chi connectivity index (χ2v) is 8.13. The molecular formula is C26H20ClN5O2. The Bertz CT molecular complexity index is 1470. The highest BCUT2D eigenvalue weighted by Gasteiger charge is 2.11. The van der Waals surface area contributed by atoms with Crippen LogP contribution in [0.15, 0.2) is 85.3 Å². The van der Waals surface area contributed by atoms with Gasteiger partial charge in [-0.25, -0.2) is 4.98 Å². The molecule has 0 aliphatic carbocycles. The van der Waals surface area contributed by atoms with Gasteiger partial charge >= 0.3 is 0 Å². The summed E-state index contributed by atoms with van der Waals surface area (Å²) in [5, 5.41) is 3.98. The van der Waals surface area contributed by atoms with Crippen molar-refractivity contribution in [1.29, 1.82) is 0 Å². The third-order valence-corrected chi connectivity index (χ3v) is 5.57. The summed E-state index contributed by atoms with van der Waals surface area (Å²) in [6.45, 7) is 0. The van der Waals surface area contributed by atoms with Crippen LogP contribution in [0.4, 0.5) is 11.6 Å². The Hall–Kier alpha value is -4.23. The van der Waals surface area contributed by atoms with Gasteiger partial charge in [0.1, 0.15) is 11.5 Å². The van der Waals surface area contributed by atoms with E-state index in [-0.39, 0.29) is 12.2 Å². The highest BCUT2D eigenvalue weighted by Crippen LogP contribution is 2.28. The number of ether oxygens (including phenoxy) is 1. The Morgan fingerprint density at radius 2 is 1.74 bits per heavy atom. The average Bonchev–Trinajstić information content (AvgIpc) is 3.15. The third-order valence-electron chi connectivity index (χ3n) is 5.32. The number of nitrogens with one attached hydrogen (secondary N) is 1. The summed E-state index contributed by atoms with van der Waals surface area (Å²) in [6.07, 6.45) is 5.02. The predicted molar refractivity (Wildman–Crippen MR) is 132 cm³/mol. The van der Waals surface area contributed by atoms with E-state index < -0.39 is 0 Å². The minimum Gasteiger partial charge on any atom is -0.457 e. The summed E-state index contributed by atoms with van der Waals surface area (Å²) in [5.41, 5.74) is 3.88. The van der Waals surface area contributed by atoms with Gasteiger partial charge in [-0.2, -0.15) is 0 Å². The number of nitrogens with zero attached hydrogens (tertiary/aromatic N) is 4. The number of benzene rings is 2. The van der Waals surface area contributed by atoms with Crippen LogP contribution in [0.3, 0.4) is 0 Å². The molecule has 5 aromatic rings. The second kappa shape index (κ2) is 9.33. The topological polar surface area (TPSA) is 81.9 Å². The van der Waals surface area contributed by atoms with Gasteiger partial charge in [-0.3, -0.25) is 14.8 Å². The summed E-state index contributed by atoms with van der Waals surface area (Å²) >= 11 is 5.97. The molecule has 0 aliphatic heterocycles. The first-order valence-corrected chi connectivity index (χ1v) is 11.0. The molecule has 0 spiro atoms. The number of carbonyl (C=O) groups is 1. The standard InChI is InChI=1S/C26H20ClN5O2/c1-32-24-7-6-21(16-23(24)31-26(32)30-19-4-2-18(27)3-5-19)34-22-10-13-29-20(14-22)15-25(33)17-8-11-28-12-9-17/h2-14,16H,15H2,1H3,(H,30,31). The van der Waals surface area contributed by atoms with Crippen LogP contribution in [0.25, 0.3) is 11.0 Å². The molecule has 0 amide bonds. The number of rotatable bonds is 7. The number of anilines is 2. The van der Waals surface area contributed by atoms with Crippen molar-refractivity contribution >= 4 is 40.1 Å². The van der Waals surface area contributed by atoms with Crippen LogP contribution in [0, 0.1) is 0 Å². The van der Waals surface area contributed by atoms with Crippen molar-refractivity contribution in [1.82, 2.24) is 19.5 Å². The van der Waals surface area contributed by atoms with Gasteiger partial charge in [-0.1, -0.05) is 11.6 Å². The molecule has 0 aliphatic rings. The smallest absolute Gasteiger partial charge is 0.208 e. The molecule has 0 fully saturated rings. The van der Waals surface area contributed by atoms with Crippen molar-refractivity contribution in [3.8, 4) is 11.5 Å². The molecule has 0 unspecified atom stereocenters. The minimum atomic E-state index is -0.0253. The van der Waals surface area contributed by atoms with Crippen LogP contribution in [0.5, 0.6) is 11.5 Å². The lowest BCUT2D eigenvalue weighted by molar-refractivity contribution is 0.0992. The maximum absolute atomic E-state index is 12.5. The first kappa shape index (κ1) is 21.6. The van der Waals surface area contributed by atoms with E-state index in [0.717, 1.165) is 16.7 Å². The molecule has 0 radical (unpaired) electrons. The van der Waals surface area contributed by atoms with Crippen LogP contribution in [-0.4, -0.2) is 25.3 Å². The SMILES string of the molecule is Cn1c(Nc2ccc(Cl)cc2)nc2cc(Oc3ccnc(CC(=O)c4ccncc4)c3)ccc21. The maximum Gasteiger partial charge on any atom is 0.208 e. The highest BCUT2D eigenvalue weighted by atomic mass is 35.5. The van der Waals surface area contributed by atoms with Gasteiger partial charge in [-0.05, 0) is 54.6 Å². The molecule has 34 heavy (non-hydrogen) atoms. The van der Waals surface area contributed by atoms with Crippen LogP contribution in [-0.2, 0) is 13.5 Å². The molecule has 1 N–H and O–H groups in total. The Balaban J connectivity index is 1.33. The van der Waals surface area contributed by atoms with E-state index in [1.165, 1.54) is 0 Å². The number of halogens is 1. The maximum atomic E-state index is 12.5. The summed E-state index contributed by atoms with van der Waals surface area (Å²) in [5.74, 6) is 1.92. The summed E-state index contributed by atoms with van der Waals surface area (Å²) in [4.78, 5) is 25.4. The molecule has 3 aromatic heterocycles. The number of imidazole rings is 1. The molecule has 8 heteroatoms. The number of aromatic nitrogens is 4. The monoisotopic (exact) mass is 469 g/mol. The van der Waals surface area contributed by atoms with Crippen molar-refractivity contribution in [2.75, 3.05) is 5.32 Å². The molecule has 168 valence electrons. The first-order chi connectivity index (χ1) is 16.5. The van der Waals surface area contributed by atoms with Crippen LogP contribution in [0.2, 0.25) is 5.02 Å². The van der Waals surface area contributed by atoms with Crippen LogP contribution in [0.1, 0.15) is 16.1 Å². The van der Waals surface area contributed by atoms with E-state index in [1.54, 1.807) is 42.9 Å². The molecule has 7 nitrogen and oxygen atoms in total. The molecule has 3 heterocycles. The Labute approximate surface area is 201 Å². The van der Waals surface area contributed by atoms with E-state index in [1.807, 2.05) is 54.1 Å². The second-order valence-electron chi connectivity index (χ2n) is 7.70. The third kappa shape index (κ3) is 4.74. The van der Waals surface area contributed by atoms with Gasteiger partial charge in [0.2, 0.25) is 5.95 Å². The minimum absolute atomic E-state index is 0.0253. The van der Waals surface area contributed by atoms with Crippen LogP contribution >= 0.6 is 11.6 Å². The van der Waals surface area contributed by atoms with E-state index in [9.17, 15) is 4.79 Å². The molecule has 0 atom stereocenters. The molecule has 0 saturated heterocycles. The first-order valence-electron chi connectivity index (χ1n) is 10.6. The Morgan fingerprint density at radius 1 is 0.971 bits per heavy atom. The van der Waals surface area contributed by atoms with Crippen molar-refractivity contribution in [3.05, 3.63) is 102 Å². The quantitative estimate of drug-likeness (QED) is 0.295. The fourth-order valence-corrected chi connectivity index (χ4v) is 3.70. The zero-order valence-corrected chi connectivity index (χ0v) is 19.0. The van der Waals surface area contributed by atoms with Crippen LogP contribution < -0.4 is 10.1 Å². The zero-order valence-electron chi connectivity index (χ0n) is 18.3. The molecule has 0 bridgehead atoms. The van der Waals surface area contributed by atoms with Gasteiger partial charge in [0, 0.05) is 54.0 Å². The van der Waals surface area contributed by atoms with E-state index >= 15 is 0 Å². The molecular weight excluding hydrogens is 450 g/mol. The van der Waals surface area contributed by atoms with Gasteiger partial charge in [-0.15, -0.1) is 0 Å². The van der Waals surface area contributed by atoms with Gasteiger partial charge in [0.05, 0.1) is 23.1 Å². The van der Waals surface area contributed by atoms with Crippen molar-refractivity contribution in [3.63, 3.8) is 0 Å². The Kier molecular flexibility index (Phi) is 5.93. The fraction of sp³-hybridized carbons (Fsp3) is 0.0769. The number of pyridine rings is 2. The molecule has 0 saturated carbocycles. The lowest BCUT2D eigenvalue weighted by atomic mass is 10.1. The molecule has 5 rings (SSSR count). The van der Waals surface area contributed by atoms with Crippen molar-refractivity contribution in [2.24, 2.45) is 7.05 Å². The van der Waals surface area contributed by atoms with Crippen molar-refractivity contribution in [2.45, 2.75) is 6.42 Å². The van der Waals surface area contributed by atoms with E-state index in [4.69, 9.17) is 21.3 Å². The number of fused-ring (bicyclic) bond motifs is 1. The fourth-order valence-electron chi connectivity index (χ4n) is 3.57. The number of carbonyl (C=O) groups excluding carboxylic acids is 1. The summed E-state index contributed by atoms with van der Waals surface area (Å²) in [6, 6.07) is 20.1. The van der Waals surface area contributed by atoms with Gasteiger partial charge in [0.15, 0.2) is 5.78 Å². The number of ketones is 1. The lowest BCUT2D eigenvalue weighted by Gasteiger charge is -2.08. The average molecular weight is 470 g/mol. The summed E-state index contributed by atoms with van der Waals surface area (Å²) in [7, 11) is 1.95. The predicted octanol–water partition coefficient (Wildman–Crippen LogP) is 5.98. The van der Waals surface area contributed by atoms with Gasteiger partial charge < -0.3 is 14.6 Å². The highest BCUT2D eigenvalue weighted by molar-refractivity contribution is 6.30.